The van der Waals surface area contributed by atoms with Crippen LogP contribution in [0.1, 0.15) is 11.1 Å². The zero-order valence-electron chi connectivity index (χ0n) is 16.7. The number of anilines is 2. The molecule has 0 bridgehead atoms. The third-order valence-electron chi connectivity index (χ3n) is 4.95. The average Bonchev–Trinajstić information content (AvgIpc) is 2.73. The molecule has 9 heteroatoms. The maximum Gasteiger partial charge on any atom is 0.267 e. The minimum atomic E-state index is -3.71. The summed E-state index contributed by atoms with van der Waals surface area (Å²) in [6, 6.07) is 13.0. The average molecular weight is 441 g/mol. The van der Waals surface area contributed by atoms with Gasteiger partial charge in [-0.15, -0.1) is 0 Å². The van der Waals surface area contributed by atoms with Crippen LogP contribution in [0.3, 0.4) is 0 Å². The molecule has 0 atom stereocenters. The molecule has 3 aromatic rings. The molecule has 1 N–H and O–H groups in total. The summed E-state index contributed by atoms with van der Waals surface area (Å²) in [6.45, 7) is 3.88. The molecule has 1 aliphatic heterocycles. The van der Waals surface area contributed by atoms with Crippen molar-refractivity contribution >= 4 is 39.1 Å². The lowest BCUT2D eigenvalue weighted by molar-refractivity contribution is -0.113. The van der Waals surface area contributed by atoms with Gasteiger partial charge in [0.15, 0.2) is 5.16 Å². The number of para-hydroxylation sites is 2. The number of aryl methyl sites for hydroxylation is 2. The first-order valence-corrected chi connectivity index (χ1v) is 11.7. The first kappa shape index (κ1) is 20.4. The van der Waals surface area contributed by atoms with Gasteiger partial charge in [-0.3, -0.25) is 9.10 Å². The second-order valence-corrected chi connectivity index (χ2v) is 9.84. The van der Waals surface area contributed by atoms with Gasteiger partial charge in [0, 0.05) is 18.3 Å². The third-order valence-corrected chi connectivity index (χ3v) is 7.58. The Balaban J connectivity index is 1.58. The van der Waals surface area contributed by atoms with Crippen molar-refractivity contribution in [3.8, 4) is 11.3 Å². The molecule has 1 aromatic heterocycles. The summed E-state index contributed by atoms with van der Waals surface area (Å²) in [5.74, 6) is -0.0626. The van der Waals surface area contributed by atoms with Crippen LogP contribution in [0.2, 0.25) is 0 Å². The number of rotatable bonds is 4. The minimum absolute atomic E-state index is 0.0630. The van der Waals surface area contributed by atoms with Crippen molar-refractivity contribution in [3.63, 3.8) is 0 Å². The summed E-state index contributed by atoms with van der Waals surface area (Å²) in [7, 11) is -2.20. The zero-order chi connectivity index (χ0) is 21.5. The predicted molar refractivity (Wildman–Crippen MR) is 118 cm³/mol. The molecule has 30 heavy (non-hydrogen) atoms. The number of carbonyl (C=O) groups excluding carboxylic acids is 1. The number of benzene rings is 2. The Morgan fingerprint density at radius 2 is 1.80 bits per heavy atom. The summed E-state index contributed by atoms with van der Waals surface area (Å²) in [4.78, 5) is 21.1. The van der Waals surface area contributed by atoms with E-state index in [0.717, 1.165) is 16.8 Å². The van der Waals surface area contributed by atoms with E-state index in [1.807, 2.05) is 44.2 Å². The van der Waals surface area contributed by atoms with Crippen molar-refractivity contribution in [2.75, 3.05) is 22.4 Å². The van der Waals surface area contributed by atoms with Crippen LogP contribution in [-0.2, 0) is 14.8 Å². The normalized spacial score (nSPS) is 14.0. The van der Waals surface area contributed by atoms with Gasteiger partial charge in [0.2, 0.25) is 5.91 Å². The van der Waals surface area contributed by atoms with Crippen molar-refractivity contribution in [2.45, 2.75) is 23.9 Å². The van der Waals surface area contributed by atoms with Crippen LogP contribution in [0.5, 0.6) is 0 Å². The van der Waals surface area contributed by atoms with E-state index in [-0.39, 0.29) is 16.6 Å². The number of nitrogens with zero attached hydrogens (tertiary/aromatic N) is 3. The molecule has 154 valence electrons. The zero-order valence-corrected chi connectivity index (χ0v) is 18.3. The quantitative estimate of drug-likeness (QED) is 0.492. The van der Waals surface area contributed by atoms with Crippen LogP contribution < -0.4 is 9.62 Å². The summed E-state index contributed by atoms with van der Waals surface area (Å²) in [6.07, 6.45) is 1.32. The highest BCUT2D eigenvalue weighted by molar-refractivity contribution is 7.99. The standard InChI is InChI=1S/C21H20N4O3S2/c1-13-7-6-8-14(2)19(13)23-18(26)12-29-21-22-11-17-20(24-21)15-9-4-5-10-16(15)25(3)30(17,27)28/h4-11H,12H2,1-3H3,(H,23,26). The Kier molecular flexibility index (Phi) is 5.25. The van der Waals surface area contributed by atoms with Gasteiger partial charge >= 0.3 is 0 Å². The Labute approximate surface area is 179 Å². The highest BCUT2D eigenvalue weighted by atomic mass is 32.2. The SMILES string of the molecule is Cc1cccc(C)c1NC(=O)CSc1ncc2c(n1)-c1ccccc1N(C)S2(=O)=O. The van der Waals surface area contributed by atoms with Crippen LogP contribution >= 0.6 is 11.8 Å². The smallest absolute Gasteiger partial charge is 0.267 e. The lowest BCUT2D eigenvalue weighted by Gasteiger charge is -2.28. The number of hydrogen-bond acceptors (Lipinski definition) is 6. The molecule has 0 saturated carbocycles. The van der Waals surface area contributed by atoms with E-state index < -0.39 is 10.0 Å². The van der Waals surface area contributed by atoms with Crippen LogP contribution in [0.4, 0.5) is 11.4 Å². The second-order valence-electron chi connectivity index (χ2n) is 6.96. The minimum Gasteiger partial charge on any atom is -0.325 e. The number of hydrogen-bond donors (Lipinski definition) is 1. The molecular weight excluding hydrogens is 420 g/mol. The van der Waals surface area contributed by atoms with Gasteiger partial charge in [0.25, 0.3) is 10.0 Å². The molecule has 4 rings (SSSR count). The summed E-state index contributed by atoms with van der Waals surface area (Å²) in [5, 5.41) is 3.27. The molecule has 0 spiro atoms. The molecule has 2 heterocycles. The Bertz CT molecular complexity index is 1240. The van der Waals surface area contributed by atoms with Crippen molar-refractivity contribution in [1.29, 1.82) is 0 Å². The van der Waals surface area contributed by atoms with Crippen molar-refractivity contribution in [3.05, 3.63) is 59.8 Å². The number of carbonyl (C=O) groups is 1. The monoisotopic (exact) mass is 440 g/mol. The van der Waals surface area contributed by atoms with Gasteiger partial charge in [0.1, 0.15) is 4.90 Å². The molecular formula is C21H20N4O3S2. The van der Waals surface area contributed by atoms with E-state index in [4.69, 9.17) is 0 Å². The number of sulfonamides is 1. The molecule has 0 radical (unpaired) electrons. The fourth-order valence-electron chi connectivity index (χ4n) is 3.35. The van der Waals surface area contributed by atoms with Gasteiger partial charge < -0.3 is 5.32 Å². The molecule has 0 aliphatic carbocycles. The molecule has 1 aliphatic rings. The number of aromatic nitrogens is 2. The summed E-state index contributed by atoms with van der Waals surface area (Å²) < 4.78 is 26.8. The van der Waals surface area contributed by atoms with E-state index in [1.165, 1.54) is 29.3 Å². The van der Waals surface area contributed by atoms with E-state index in [2.05, 4.69) is 15.3 Å². The first-order valence-electron chi connectivity index (χ1n) is 9.23. The van der Waals surface area contributed by atoms with E-state index in [9.17, 15) is 13.2 Å². The predicted octanol–water partition coefficient (Wildman–Crippen LogP) is 3.63. The summed E-state index contributed by atoms with van der Waals surface area (Å²) >= 11 is 1.17. The fourth-order valence-corrected chi connectivity index (χ4v) is 5.26. The van der Waals surface area contributed by atoms with E-state index >= 15 is 0 Å². The van der Waals surface area contributed by atoms with E-state index in [0.29, 0.717) is 22.1 Å². The van der Waals surface area contributed by atoms with Gasteiger partial charge in [-0.25, -0.2) is 18.4 Å². The van der Waals surface area contributed by atoms with Gasteiger partial charge in [-0.05, 0) is 31.0 Å². The van der Waals surface area contributed by atoms with Crippen molar-refractivity contribution in [1.82, 2.24) is 9.97 Å². The Hall–Kier alpha value is -2.91. The molecule has 1 amide bonds. The van der Waals surface area contributed by atoms with Crippen LogP contribution in [0.25, 0.3) is 11.3 Å². The highest BCUT2D eigenvalue weighted by Gasteiger charge is 2.34. The van der Waals surface area contributed by atoms with Gasteiger partial charge in [0.05, 0.1) is 23.3 Å². The molecule has 7 nitrogen and oxygen atoms in total. The largest absolute Gasteiger partial charge is 0.325 e. The number of fused-ring (bicyclic) bond motifs is 3. The first-order chi connectivity index (χ1) is 14.3. The molecule has 0 unspecified atom stereocenters. The Morgan fingerprint density at radius 1 is 1.10 bits per heavy atom. The van der Waals surface area contributed by atoms with E-state index in [1.54, 1.807) is 12.1 Å². The lowest BCUT2D eigenvalue weighted by atomic mass is 10.1. The van der Waals surface area contributed by atoms with Gasteiger partial charge in [-0.2, -0.15) is 0 Å². The number of amides is 1. The summed E-state index contributed by atoms with van der Waals surface area (Å²) in [5.41, 5.74) is 4.42. The van der Waals surface area contributed by atoms with Crippen LogP contribution in [0, 0.1) is 13.8 Å². The molecule has 0 fully saturated rings. The maximum atomic E-state index is 12.8. The van der Waals surface area contributed by atoms with Crippen molar-refractivity contribution in [2.24, 2.45) is 0 Å². The lowest BCUT2D eigenvalue weighted by Crippen LogP contribution is -2.31. The third kappa shape index (κ3) is 3.54. The maximum absolute atomic E-state index is 12.8. The molecule has 0 saturated heterocycles. The number of nitrogens with one attached hydrogen (secondary N) is 1. The Morgan fingerprint density at radius 3 is 2.53 bits per heavy atom. The molecule has 2 aromatic carbocycles. The topological polar surface area (TPSA) is 92.3 Å². The fraction of sp³-hybridized carbons (Fsp3) is 0.190. The van der Waals surface area contributed by atoms with Crippen LogP contribution in [-0.4, -0.2) is 37.1 Å². The highest BCUT2D eigenvalue weighted by Crippen LogP contribution is 2.41. The van der Waals surface area contributed by atoms with Crippen molar-refractivity contribution < 1.29 is 13.2 Å². The van der Waals surface area contributed by atoms with Crippen LogP contribution in [0.15, 0.2) is 58.7 Å². The second kappa shape index (κ2) is 7.73. The number of thioether (sulfide) groups is 1. The van der Waals surface area contributed by atoms with Gasteiger partial charge in [-0.1, -0.05) is 48.2 Å².